The van der Waals surface area contributed by atoms with E-state index in [9.17, 15) is 14.0 Å². The van der Waals surface area contributed by atoms with Gasteiger partial charge in [-0.05, 0) is 62.4 Å². The Balaban J connectivity index is 1.55. The first kappa shape index (κ1) is 24.7. The maximum atomic E-state index is 13.9. The third-order valence-corrected chi connectivity index (χ3v) is 7.53. The number of urea groups is 1. The standard InChI is InChI=1S/C25H33ClFN5O2/c1-16(2)14-32-23(33)25(28-24(32)34,13-18-6-5-7-20(27)12-18)19-8-10-31(11-9-19)15-21-17(3)29-30(4)22(21)26/h5-7,12,16,19H,8-11,13-15H2,1-4H3,(H,28,34). The lowest BCUT2D eigenvalue weighted by molar-refractivity contribution is -0.134. The van der Waals surface area contributed by atoms with E-state index < -0.39 is 5.54 Å². The molecule has 1 atom stereocenters. The number of imide groups is 1. The minimum absolute atomic E-state index is 0.0499. The number of amides is 3. The molecule has 34 heavy (non-hydrogen) atoms. The number of carbonyl (C=O) groups excluding carboxylic acids is 2. The normalized spacial score (nSPS) is 22.1. The summed E-state index contributed by atoms with van der Waals surface area (Å²) in [6, 6.07) is 5.95. The highest BCUT2D eigenvalue weighted by atomic mass is 35.5. The van der Waals surface area contributed by atoms with Crippen molar-refractivity contribution >= 4 is 23.5 Å². The Kier molecular flexibility index (Phi) is 7.01. The summed E-state index contributed by atoms with van der Waals surface area (Å²) in [5.74, 6) is -0.429. The van der Waals surface area contributed by atoms with Crippen molar-refractivity contribution in [2.75, 3.05) is 19.6 Å². The number of halogens is 2. The number of likely N-dealkylation sites (tertiary alicyclic amines) is 1. The van der Waals surface area contributed by atoms with E-state index >= 15 is 0 Å². The first-order chi connectivity index (χ1) is 16.1. The number of nitrogens with zero attached hydrogens (tertiary/aromatic N) is 4. The lowest BCUT2D eigenvalue weighted by atomic mass is 9.73. The second-order valence-electron chi connectivity index (χ2n) is 10.0. The van der Waals surface area contributed by atoms with Crippen molar-refractivity contribution in [3.63, 3.8) is 0 Å². The molecule has 2 aliphatic heterocycles. The Hall–Kier alpha value is -2.45. The molecule has 2 saturated heterocycles. The molecule has 4 rings (SSSR count). The van der Waals surface area contributed by atoms with Crippen LogP contribution in [-0.4, -0.2) is 56.7 Å². The number of rotatable bonds is 7. The zero-order valence-corrected chi connectivity index (χ0v) is 21.0. The summed E-state index contributed by atoms with van der Waals surface area (Å²) in [7, 11) is 1.83. The number of aryl methyl sites for hydroxylation is 2. The van der Waals surface area contributed by atoms with Crippen molar-refractivity contribution in [2.45, 2.75) is 52.1 Å². The second-order valence-corrected chi connectivity index (χ2v) is 10.4. The van der Waals surface area contributed by atoms with E-state index in [2.05, 4.69) is 15.3 Å². The second kappa shape index (κ2) is 9.66. The molecule has 7 nitrogen and oxygen atoms in total. The molecule has 0 spiro atoms. The van der Waals surface area contributed by atoms with Gasteiger partial charge in [0.15, 0.2) is 0 Å². The topological polar surface area (TPSA) is 70.5 Å². The van der Waals surface area contributed by atoms with Crippen LogP contribution in [0.25, 0.3) is 0 Å². The number of piperidine rings is 1. The molecule has 0 aliphatic carbocycles. The SMILES string of the molecule is Cc1nn(C)c(Cl)c1CN1CCC(C2(Cc3cccc(F)c3)NC(=O)N(CC(C)C)C2=O)CC1. The molecule has 2 aromatic rings. The average Bonchev–Trinajstić information content (AvgIpc) is 3.16. The number of benzene rings is 1. The minimum Gasteiger partial charge on any atom is -0.322 e. The van der Waals surface area contributed by atoms with Gasteiger partial charge in [0.05, 0.1) is 5.69 Å². The van der Waals surface area contributed by atoms with Crippen molar-refractivity contribution < 1.29 is 14.0 Å². The van der Waals surface area contributed by atoms with Crippen LogP contribution in [0.5, 0.6) is 0 Å². The lowest BCUT2D eigenvalue weighted by Gasteiger charge is -2.41. The highest BCUT2D eigenvalue weighted by molar-refractivity contribution is 6.30. The van der Waals surface area contributed by atoms with Crippen molar-refractivity contribution in [3.05, 3.63) is 52.1 Å². The molecule has 9 heteroatoms. The van der Waals surface area contributed by atoms with Crippen molar-refractivity contribution in [3.8, 4) is 0 Å². The van der Waals surface area contributed by atoms with Crippen LogP contribution < -0.4 is 5.32 Å². The van der Waals surface area contributed by atoms with Gasteiger partial charge in [-0.3, -0.25) is 19.3 Å². The van der Waals surface area contributed by atoms with Crippen LogP contribution in [0.2, 0.25) is 5.15 Å². The van der Waals surface area contributed by atoms with E-state index in [0.29, 0.717) is 23.8 Å². The van der Waals surface area contributed by atoms with E-state index in [1.165, 1.54) is 17.0 Å². The van der Waals surface area contributed by atoms with Gasteiger partial charge in [-0.25, -0.2) is 9.18 Å². The monoisotopic (exact) mass is 489 g/mol. The maximum absolute atomic E-state index is 13.9. The maximum Gasteiger partial charge on any atom is 0.325 e. The smallest absolute Gasteiger partial charge is 0.322 e. The highest BCUT2D eigenvalue weighted by Gasteiger charge is 2.55. The summed E-state index contributed by atoms with van der Waals surface area (Å²) >= 11 is 6.43. The van der Waals surface area contributed by atoms with Crippen molar-refractivity contribution in [1.82, 2.24) is 24.9 Å². The van der Waals surface area contributed by atoms with Gasteiger partial charge in [0, 0.05) is 32.1 Å². The number of hydrogen-bond donors (Lipinski definition) is 1. The highest BCUT2D eigenvalue weighted by Crippen LogP contribution is 2.37. The molecular formula is C25H33ClFN5O2. The first-order valence-electron chi connectivity index (χ1n) is 11.9. The largest absolute Gasteiger partial charge is 0.325 e. The van der Waals surface area contributed by atoms with Crippen LogP contribution in [0.3, 0.4) is 0 Å². The molecule has 1 unspecified atom stereocenters. The molecule has 2 fully saturated rings. The molecule has 184 valence electrons. The Morgan fingerprint density at radius 1 is 1.26 bits per heavy atom. The van der Waals surface area contributed by atoms with Gasteiger partial charge in [0.25, 0.3) is 5.91 Å². The lowest BCUT2D eigenvalue weighted by Crippen LogP contribution is -2.57. The van der Waals surface area contributed by atoms with Crippen molar-refractivity contribution in [1.29, 1.82) is 0 Å². The molecule has 1 aromatic carbocycles. The third-order valence-electron chi connectivity index (χ3n) is 7.06. The molecular weight excluding hydrogens is 457 g/mol. The Labute approximate surface area is 205 Å². The fourth-order valence-electron chi connectivity index (χ4n) is 5.35. The molecule has 0 saturated carbocycles. The van der Waals surface area contributed by atoms with Crippen molar-refractivity contribution in [2.24, 2.45) is 18.9 Å². The van der Waals surface area contributed by atoms with Crippen LogP contribution in [-0.2, 0) is 24.8 Å². The fraction of sp³-hybridized carbons (Fsp3) is 0.560. The van der Waals surface area contributed by atoms with E-state index in [1.807, 2.05) is 33.9 Å². The molecule has 1 N–H and O–H groups in total. The van der Waals surface area contributed by atoms with Crippen LogP contribution >= 0.6 is 11.6 Å². The fourth-order valence-corrected chi connectivity index (χ4v) is 5.58. The quantitative estimate of drug-likeness (QED) is 0.598. The van der Waals surface area contributed by atoms with E-state index in [1.54, 1.807) is 10.7 Å². The summed E-state index contributed by atoms with van der Waals surface area (Å²) in [6.45, 7) is 8.53. The van der Waals surface area contributed by atoms with Crippen LogP contribution in [0.15, 0.2) is 24.3 Å². The van der Waals surface area contributed by atoms with Gasteiger partial charge in [0.1, 0.15) is 16.5 Å². The summed E-state index contributed by atoms with van der Waals surface area (Å²) < 4.78 is 15.6. The molecule has 0 radical (unpaired) electrons. The molecule has 3 amide bonds. The minimum atomic E-state index is -1.06. The van der Waals surface area contributed by atoms with E-state index in [0.717, 1.165) is 37.2 Å². The van der Waals surface area contributed by atoms with Gasteiger partial charge in [-0.2, -0.15) is 5.10 Å². The average molecular weight is 490 g/mol. The van der Waals surface area contributed by atoms with Crippen LogP contribution in [0.1, 0.15) is 43.5 Å². The van der Waals surface area contributed by atoms with Gasteiger partial charge >= 0.3 is 6.03 Å². The number of nitrogens with one attached hydrogen (secondary N) is 1. The Bertz CT molecular complexity index is 1080. The van der Waals surface area contributed by atoms with E-state index in [4.69, 9.17) is 11.6 Å². The zero-order valence-electron chi connectivity index (χ0n) is 20.3. The molecule has 2 aliphatic rings. The Morgan fingerprint density at radius 2 is 1.97 bits per heavy atom. The molecule has 3 heterocycles. The Morgan fingerprint density at radius 3 is 2.56 bits per heavy atom. The van der Waals surface area contributed by atoms with Gasteiger partial charge in [-0.1, -0.05) is 37.6 Å². The first-order valence-corrected chi connectivity index (χ1v) is 12.3. The number of hydrogen-bond acceptors (Lipinski definition) is 4. The number of aromatic nitrogens is 2. The zero-order chi connectivity index (χ0) is 24.6. The summed E-state index contributed by atoms with van der Waals surface area (Å²) in [6.07, 6.45) is 1.77. The van der Waals surface area contributed by atoms with Gasteiger partial charge in [-0.15, -0.1) is 0 Å². The summed E-state index contributed by atoms with van der Waals surface area (Å²) in [4.78, 5) is 30.3. The molecule has 1 aromatic heterocycles. The van der Waals surface area contributed by atoms with Gasteiger partial charge in [0.2, 0.25) is 0 Å². The number of carbonyl (C=O) groups is 2. The summed E-state index contributed by atoms with van der Waals surface area (Å²) in [5, 5.41) is 8.10. The van der Waals surface area contributed by atoms with Gasteiger partial charge < -0.3 is 5.32 Å². The van der Waals surface area contributed by atoms with Crippen LogP contribution in [0, 0.1) is 24.6 Å². The predicted molar refractivity (Wildman–Crippen MR) is 129 cm³/mol. The van der Waals surface area contributed by atoms with Crippen LogP contribution in [0.4, 0.5) is 9.18 Å². The third kappa shape index (κ3) is 4.70. The molecule has 0 bridgehead atoms. The predicted octanol–water partition coefficient (Wildman–Crippen LogP) is 3.92. The van der Waals surface area contributed by atoms with E-state index in [-0.39, 0.29) is 36.0 Å². The summed E-state index contributed by atoms with van der Waals surface area (Å²) in [5.41, 5.74) is 1.58.